The van der Waals surface area contributed by atoms with Crippen molar-refractivity contribution >= 4 is 35.4 Å². The highest BCUT2D eigenvalue weighted by atomic mass is 35.5. The van der Waals surface area contributed by atoms with Crippen LogP contribution in [0.25, 0.3) is 12.2 Å². The second-order valence-electron chi connectivity index (χ2n) is 5.56. The zero-order valence-corrected chi connectivity index (χ0v) is 14.9. The van der Waals surface area contributed by atoms with Crippen molar-refractivity contribution in [1.82, 2.24) is 9.55 Å². The first kappa shape index (κ1) is 16.8. The van der Waals surface area contributed by atoms with Crippen LogP contribution in [0.5, 0.6) is 0 Å². The lowest BCUT2D eigenvalue weighted by Gasteiger charge is -2.09. The fraction of sp³-hybridized carbons (Fsp3) is 0.150. The summed E-state index contributed by atoms with van der Waals surface area (Å²) in [5.41, 5.74) is 3.29. The minimum absolute atomic E-state index is 0.519. The molecule has 0 aliphatic heterocycles. The molecule has 0 amide bonds. The molecule has 0 radical (unpaired) electrons. The number of rotatable bonds is 5. The number of halogens is 2. The van der Waals surface area contributed by atoms with E-state index in [9.17, 15) is 0 Å². The fourth-order valence-corrected chi connectivity index (χ4v) is 3.04. The first-order chi connectivity index (χ1) is 11.7. The SMILES string of the molecule is CCc1nc(Cl)cn1Cc1ccc(/C=C/c2ccccc2)cc1Cl. The zero-order valence-electron chi connectivity index (χ0n) is 13.4. The molecule has 0 bridgehead atoms. The highest BCUT2D eigenvalue weighted by Crippen LogP contribution is 2.22. The molecule has 0 atom stereocenters. The van der Waals surface area contributed by atoms with Crippen molar-refractivity contribution in [3.63, 3.8) is 0 Å². The Morgan fingerprint density at radius 1 is 1.00 bits per heavy atom. The molecule has 0 unspecified atom stereocenters. The molecule has 3 rings (SSSR count). The number of hydrogen-bond donors (Lipinski definition) is 0. The summed E-state index contributed by atoms with van der Waals surface area (Å²) < 4.78 is 2.04. The molecule has 0 N–H and O–H groups in total. The summed E-state index contributed by atoms with van der Waals surface area (Å²) in [7, 11) is 0. The van der Waals surface area contributed by atoms with Gasteiger partial charge in [-0.05, 0) is 22.8 Å². The Morgan fingerprint density at radius 3 is 2.46 bits per heavy atom. The molecule has 0 saturated carbocycles. The molecule has 4 heteroatoms. The number of aryl methyl sites for hydroxylation is 1. The van der Waals surface area contributed by atoms with Crippen LogP contribution in [0.3, 0.4) is 0 Å². The quantitative estimate of drug-likeness (QED) is 0.514. The third kappa shape index (κ3) is 4.08. The second-order valence-corrected chi connectivity index (χ2v) is 6.35. The minimum Gasteiger partial charge on any atom is -0.329 e. The lowest BCUT2D eigenvalue weighted by molar-refractivity contribution is 0.732. The molecule has 2 aromatic carbocycles. The topological polar surface area (TPSA) is 17.8 Å². The van der Waals surface area contributed by atoms with Crippen molar-refractivity contribution in [1.29, 1.82) is 0 Å². The first-order valence-electron chi connectivity index (χ1n) is 7.89. The van der Waals surface area contributed by atoms with Gasteiger partial charge < -0.3 is 4.57 Å². The van der Waals surface area contributed by atoms with Crippen LogP contribution in [0.4, 0.5) is 0 Å². The van der Waals surface area contributed by atoms with E-state index < -0.39 is 0 Å². The number of hydrogen-bond acceptors (Lipinski definition) is 1. The summed E-state index contributed by atoms with van der Waals surface area (Å²) in [5.74, 6) is 0.962. The van der Waals surface area contributed by atoms with Crippen LogP contribution in [0.2, 0.25) is 10.2 Å². The number of aromatic nitrogens is 2. The molecule has 122 valence electrons. The van der Waals surface area contributed by atoms with E-state index in [0.717, 1.165) is 28.4 Å². The molecular weight excluding hydrogens is 339 g/mol. The first-order valence-corrected chi connectivity index (χ1v) is 8.64. The van der Waals surface area contributed by atoms with Crippen molar-refractivity contribution in [2.45, 2.75) is 19.9 Å². The van der Waals surface area contributed by atoms with E-state index >= 15 is 0 Å². The molecule has 1 heterocycles. The van der Waals surface area contributed by atoms with Gasteiger partial charge in [-0.3, -0.25) is 0 Å². The van der Waals surface area contributed by atoms with E-state index in [4.69, 9.17) is 23.2 Å². The summed E-state index contributed by atoms with van der Waals surface area (Å²) in [6.07, 6.45) is 6.83. The van der Waals surface area contributed by atoms with Crippen LogP contribution >= 0.6 is 23.2 Å². The van der Waals surface area contributed by atoms with E-state index in [1.165, 1.54) is 5.56 Å². The van der Waals surface area contributed by atoms with Gasteiger partial charge in [0.25, 0.3) is 0 Å². The van der Waals surface area contributed by atoms with Crippen molar-refractivity contribution < 1.29 is 0 Å². The lowest BCUT2D eigenvalue weighted by Crippen LogP contribution is -2.03. The van der Waals surface area contributed by atoms with Gasteiger partial charge >= 0.3 is 0 Å². The summed E-state index contributed by atoms with van der Waals surface area (Å²) in [6.45, 7) is 2.73. The predicted octanol–water partition coefficient (Wildman–Crippen LogP) is 5.97. The van der Waals surface area contributed by atoms with Crippen LogP contribution in [0, 0.1) is 0 Å². The molecule has 0 fully saturated rings. The Labute approximate surface area is 152 Å². The molecule has 0 spiro atoms. The molecule has 3 aromatic rings. The van der Waals surface area contributed by atoms with E-state index in [1.54, 1.807) is 0 Å². The van der Waals surface area contributed by atoms with Gasteiger partial charge in [-0.15, -0.1) is 0 Å². The maximum Gasteiger partial charge on any atom is 0.147 e. The fourth-order valence-electron chi connectivity index (χ4n) is 2.57. The van der Waals surface area contributed by atoms with Gasteiger partial charge in [0.05, 0.1) is 6.54 Å². The van der Waals surface area contributed by atoms with Gasteiger partial charge in [0.2, 0.25) is 0 Å². The highest BCUT2D eigenvalue weighted by molar-refractivity contribution is 6.31. The monoisotopic (exact) mass is 356 g/mol. The third-order valence-electron chi connectivity index (χ3n) is 3.83. The Bertz CT molecular complexity index is 851. The maximum absolute atomic E-state index is 6.46. The third-order valence-corrected chi connectivity index (χ3v) is 4.37. The Balaban J connectivity index is 1.78. The van der Waals surface area contributed by atoms with Gasteiger partial charge in [0.1, 0.15) is 11.0 Å². The summed E-state index contributed by atoms with van der Waals surface area (Å²) in [6, 6.07) is 16.3. The zero-order chi connectivity index (χ0) is 16.9. The van der Waals surface area contributed by atoms with E-state index in [1.807, 2.05) is 35.0 Å². The average Bonchev–Trinajstić information content (AvgIpc) is 2.95. The normalized spacial score (nSPS) is 11.3. The molecule has 0 saturated heterocycles. The van der Waals surface area contributed by atoms with Gasteiger partial charge in [-0.25, -0.2) is 4.98 Å². The summed E-state index contributed by atoms with van der Waals surface area (Å²) in [5, 5.41) is 1.27. The van der Waals surface area contributed by atoms with E-state index in [2.05, 4.69) is 48.3 Å². The van der Waals surface area contributed by atoms with Crippen LogP contribution in [-0.4, -0.2) is 9.55 Å². The van der Waals surface area contributed by atoms with E-state index in [-0.39, 0.29) is 0 Å². The van der Waals surface area contributed by atoms with E-state index in [0.29, 0.717) is 11.7 Å². The number of imidazole rings is 1. The van der Waals surface area contributed by atoms with Gasteiger partial charge in [-0.1, -0.05) is 84.7 Å². The van der Waals surface area contributed by atoms with Crippen molar-refractivity contribution in [2.24, 2.45) is 0 Å². The smallest absolute Gasteiger partial charge is 0.147 e. The van der Waals surface area contributed by atoms with Gasteiger partial charge in [0, 0.05) is 17.6 Å². The van der Waals surface area contributed by atoms with Gasteiger partial charge in [-0.2, -0.15) is 0 Å². The summed E-state index contributed by atoms with van der Waals surface area (Å²) >= 11 is 12.5. The predicted molar refractivity (Wildman–Crippen MR) is 103 cm³/mol. The molecule has 2 nitrogen and oxygen atoms in total. The Kier molecular flexibility index (Phi) is 5.39. The Morgan fingerprint density at radius 2 is 1.75 bits per heavy atom. The van der Waals surface area contributed by atoms with Crippen molar-refractivity contribution in [2.75, 3.05) is 0 Å². The Hall–Kier alpha value is -2.03. The maximum atomic E-state index is 6.46. The molecule has 24 heavy (non-hydrogen) atoms. The standard InChI is InChI=1S/C20H18Cl2N2/c1-2-20-23-19(22)14-24(20)13-17-11-10-16(12-18(17)21)9-8-15-6-4-3-5-7-15/h3-12,14H,2,13H2,1H3/b9-8+. The lowest BCUT2D eigenvalue weighted by atomic mass is 10.1. The van der Waals surface area contributed by atoms with Crippen LogP contribution in [0.1, 0.15) is 29.4 Å². The highest BCUT2D eigenvalue weighted by Gasteiger charge is 2.08. The number of nitrogens with zero attached hydrogens (tertiary/aromatic N) is 2. The molecular formula is C20H18Cl2N2. The number of benzene rings is 2. The average molecular weight is 357 g/mol. The molecule has 0 aliphatic carbocycles. The molecule has 1 aromatic heterocycles. The largest absolute Gasteiger partial charge is 0.329 e. The van der Waals surface area contributed by atoms with Crippen molar-refractivity contribution in [3.05, 3.63) is 87.4 Å². The van der Waals surface area contributed by atoms with Crippen molar-refractivity contribution in [3.8, 4) is 0 Å². The molecule has 0 aliphatic rings. The van der Waals surface area contributed by atoms with Crippen LogP contribution < -0.4 is 0 Å². The van der Waals surface area contributed by atoms with Crippen LogP contribution in [-0.2, 0) is 13.0 Å². The second kappa shape index (κ2) is 7.69. The van der Waals surface area contributed by atoms with Gasteiger partial charge in [0.15, 0.2) is 0 Å². The minimum atomic E-state index is 0.519. The summed E-state index contributed by atoms with van der Waals surface area (Å²) in [4.78, 5) is 4.31. The van der Waals surface area contributed by atoms with Crippen LogP contribution in [0.15, 0.2) is 54.7 Å².